The highest BCUT2D eigenvalue weighted by Crippen LogP contribution is 2.28. The molecular formula is C13H25N3O2. The molecule has 1 aliphatic rings. The summed E-state index contributed by atoms with van der Waals surface area (Å²) in [5, 5.41) is 2.89. The molecule has 2 amide bonds. The van der Waals surface area contributed by atoms with E-state index in [1.165, 1.54) is 0 Å². The Kier molecular flexibility index (Phi) is 4.73. The molecule has 0 aliphatic heterocycles. The van der Waals surface area contributed by atoms with Crippen molar-refractivity contribution in [3.8, 4) is 0 Å². The lowest BCUT2D eigenvalue weighted by Gasteiger charge is -2.35. The van der Waals surface area contributed by atoms with E-state index in [1.54, 1.807) is 13.8 Å². The molecule has 0 aromatic rings. The van der Waals surface area contributed by atoms with E-state index in [4.69, 9.17) is 11.5 Å². The average Bonchev–Trinajstić information content (AvgIpc) is 2.18. The molecule has 0 aromatic carbocycles. The number of nitrogens with one attached hydrogen (secondary N) is 1. The van der Waals surface area contributed by atoms with Crippen LogP contribution in [0.5, 0.6) is 0 Å². The Bertz CT molecular complexity index is 328. The number of rotatable bonds is 4. The summed E-state index contributed by atoms with van der Waals surface area (Å²) in [5.74, 6) is -0.253. The van der Waals surface area contributed by atoms with Crippen molar-refractivity contribution in [3.05, 3.63) is 0 Å². The van der Waals surface area contributed by atoms with Gasteiger partial charge in [-0.1, -0.05) is 13.3 Å². The normalized spacial score (nSPS) is 28.8. The van der Waals surface area contributed by atoms with Gasteiger partial charge in [0.1, 0.15) is 0 Å². The Morgan fingerprint density at radius 1 is 1.33 bits per heavy atom. The van der Waals surface area contributed by atoms with Gasteiger partial charge in [-0.15, -0.1) is 0 Å². The molecule has 0 spiro atoms. The van der Waals surface area contributed by atoms with Gasteiger partial charge in [0.2, 0.25) is 11.8 Å². The molecule has 1 rings (SSSR count). The Balaban J connectivity index is 2.61. The fourth-order valence-corrected chi connectivity index (χ4v) is 2.65. The van der Waals surface area contributed by atoms with Crippen LogP contribution in [0.25, 0.3) is 0 Å². The number of carbonyl (C=O) groups excluding carboxylic acids is 2. The molecule has 104 valence electrons. The third-order valence-corrected chi connectivity index (χ3v) is 3.71. The molecular weight excluding hydrogens is 230 g/mol. The number of hydrogen-bond acceptors (Lipinski definition) is 3. The quantitative estimate of drug-likeness (QED) is 0.683. The van der Waals surface area contributed by atoms with Gasteiger partial charge < -0.3 is 16.8 Å². The fourth-order valence-electron chi connectivity index (χ4n) is 2.65. The van der Waals surface area contributed by atoms with Crippen molar-refractivity contribution in [2.45, 2.75) is 58.0 Å². The van der Waals surface area contributed by atoms with Crippen molar-refractivity contribution < 1.29 is 9.59 Å². The van der Waals surface area contributed by atoms with Crippen molar-refractivity contribution in [1.82, 2.24) is 5.32 Å². The number of carbonyl (C=O) groups is 2. The lowest BCUT2D eigenvalue weighted by Crippen LogP contribution is -2.53. The first-order valence-corrected chi connectivity index (χ1v) is 6.59. The summed E-state index contributed by atoms with van der Waals surface area (Å²) in [5.41, 5.74) is 10.7. The van der Waals surface area contributed by atoms with E-state index in [0.29, 0.717) is 5.92 Å². The maximum Gasteiger partial charge on any atom is 0.225 e. The molecule has 3 unspecified atom stereocenters. The van der Waals surface area contributed by atoms with E-state index in [0.717, 1.165) is 19.3 Å². The third-order valence-electron chi connectivity index (χ3n) is 3.71. The zero-order valence-electron chi connectivity index (χ0n) is 11.5. The van der Waals surface area contributed by atoms with Crippen LogP contribution in [-0.4, -0.2) is 23.4 Å². The molecule has 1 fully saturated rings. The molecule has 5 heteroatoms. The number of nitrogens with two attached hydrogens (primary N) is 2. The van der Waals surface area contributed by atoms with E-state index in [1.807, 2.05) is 0 Å². The zero-order valence-corrected chi connectivity index (χ0v) is 11.5. The highest BCUT2D eigenvalue weighted by molar-refractivity contribution is 5.82. The maximum atomic E-state index is 12.2. The van der Waals surface area contributed by atoms with Crippen LogP contribution in [0.4, 0.5) is 0 Å². The maximum absolute atomic E-state index is 12.2. The number of hydrogen-bond donors (Lipinski definition) is 3. The minimum Gasteiger partial charge on any atom is -0.370 e. The topological polar surface area (TPSA) is 98.2 Å². The standard InChI is InChI=1S/C13H25N3O2/c1-8-5-4-6-9(11(8)15)12(18)16-13(2,3)7-10(14)17/h8-9,11H,4-7,15H2,1-3H3,(H2,14,17)(H,16,18). The first-order valence-electron chi connectivity index (χ1n) is 6.59. The SMILES string of the molecule is CC1CCCC(C(=O)NC(C)(C)CC(N)=O)C1N. The fraction of sp³-hybridized carbons (Fsp3) is 0.846. The second-order valence-electron chi connectivity index (χ2n) is 6.11. The van der Waals surface area contributed by atoms with Crippen LogP contribution in [0.1, 0.15) is 46.5 Å². The summed E-state index contributed by atoms with van der Waals surface area (Å²) in [4.78, 5) is 23.1. The van der Waals surface area contributed by atoms with Crippen LogP contribution in [0, 0.1) is 11.8 Å². The second-order valence-corrected chi connectivity index (χ2v) is 6.11. The highest BCUT2D eigenvalue weighted by Gasteiger charge is 2.35. The van der Waals surface area contributed by atoms with Crippen molar-refractivity contribution in [2.75, 3.05) is 0 Å². The summed E-state index contributed by atoms with van der Waals surface area (Å²) in [6, 6.07) is -0.0943. The van der Waals surface area contributed by atoms with Gasteiger partial charge in [-0.3, -0.25) is 9.59 Å². The van der Waals surface area contributed by atoms with Gasteiger partial charge in [0.25, 0.3) is 0 Å². The molecule has 0 bridgehead atoms. The van der Waals surface area contributed by atoms with Gasteiger partial charge >= 0.3 is 0 Å². The van der Waals surface area contributed by atoms with Gasteiger partial charge in [-0.25, -0.2) is 0 Å². The predicted octanol–water partition coefficient (Wildman–Crippen LogP) is 0.520. The van der Waals surface area contributed by atoms with E-state index in [9.17, 15) is 9.59 Å². The van der Waals surface area contributed by atoms with E-state index >= 15 is 0 Å². The lowest BCUT2D eigenvalue weighted by atomic mass is 9.77. The van der Waals surface area contributed by atoms with Gasteiger partial charge in [-0.05, 0) is 32.6 Å². The van der Waals surface area contributed by atoms with Crippen molar-refractivity contribution in [1.29, 1.82) is 0 Å². The van der Waals surface area contributed by atoms with Crippen molar-refractivity contribution in [2.24, 2.45) is 23.3 Å². The molecule has 0 heterocycles. The summed E-state index contributed by atoms with van der Waals surface area (Å²) in [7, 11) is 0. The molecule has 5 nitrogen and oxygen atoms in total. The Morgan fingerprint density at radius 3 is 2.50 bits per heavy atom. The predicted molar refractivity (Wildman–Crippen MR) is 70.5 cm³/mol. The van der Waals surface area contributed by atoms with Crippen LogP contribution in [0.2, 0.25) is 0 Å². The molecule has 5 N–H and O–H groups in total. The van der Waals surface area contributed by atoms with Gasteiger partial charge in [0.05, 0.1) is 5.92 Å². The molecule has 1 saturated carbocycles. The van der Waals surface area contributed by atoms with Crippen LogP contribution >= 0.6 is 0 Å². The molecule has 0 aromatic heterocycles. The van der Waals surface area contributed by atoms with E-state index in [-0.39, 0.29) is 24.3 Å². The van der Waals surface area contributed by atoms with Crippen LogP contribution in [0.15, 0.2) is 0 Å². The largest absolute Gasteiger partial charge is 0.370 e. The summed E-state index contributed by atoms with van der Waals surface area (Å²) < 4.78 is 0. The second kappa shape index (κ2) is 5.69. The smallest absolute Gasteiger partial charge is 0.225 e. The average molecular weight is 255 g/mol. The van der Waals surface area contributed by atoms with Crippen LogP contribution < -0.4 is 16.8 Å². The van der Waals surface area contributed by atoms with E-state index in [2.05, 4.69) is 12.2 Å². The molecule has 1 aliphatic carbocycles. The van der Waals surface area contributed by atoms with Crippen LogP contribution in [-0.2, 0) is 9.59 Å². The van der Waals surface area contributed by atoms with E-state index < -0.39 is 11.4 Å². The monoisotopic (exact) mass is 255 g/mol. The number of amides is 2. The van der Waals surface area contributed by atoms with Gasteiger partial charge in [0, 0.05) is 18.0 Å². The van der Waals surface area contributed by atoms with Crippen molar-refractivity contribution >= 4 is 11.8 Å². The first kappa shape index (κ1) is 15.0. The summed E-state index contributed by atoms with van der Waals surface area (Å²) in [6.07, 6.45) is 3.07. The van der Waals surface area contributed by atoms with Gasteiger partial charge in [-0.2, -0.15) is 0 Å². The highest BCUT2D eigenvalue weighted by atomic mass is 16.2. The minimum absolute atomic E-state index is 0.0553. The summed E-state index contributed by atoms with van der Waals surface area (Å²) in [6.45, 7) is 5.68. The van der Waals surface area contributed by atoms with Crippen molar-refractivity contribution in [3.63, 3.8) is 0 Å². The summed E-state index contributed by atoms with van der Waals surface area (Å²) >= 11 is 0. The molecule has 0 radical (unpaired) electrons. The lowest BCUT2D eigenvalue weighted by molar-refractivity contribution is -0.129. The first-order chi connectivity index (χ1) is 8.23. The Labute approximate surface area is 109 Å². The third kappa shape index (κ3) is 3.98. The Morgan fingerprint density at radius 2 is 1.94 bits per heavy atom. The molecule has 3 atom stereocenters. The number of primary amides is 1. The zero-order chi connectivity index (χ0) is 13.9. The van der Waals surface area contributed by atoms with Crippen LogP contribution in [0.3, 0.4) is 0 Å². The Hall–Kier alpha value is -1.10. The molecule has 18 heavy (non-hydrogen) atoms. The van der Waals surface area contributed by atoms with Gasteiger partial charge in [0.15, 0.2) is 0 Å². The molecule has 0 saturated heterocycles. The minimum atomic E-state index is -0.608.